The third-order valence-electron chi connectivity index (χ3n) is 3.93. The molecule has 0 saturated heterocycles. The highest BCUT2D eigenvalue weighted by molar-refractivity contribution is 6.30. The van der Waals surface area contributed by atoms with Crippen LogP contribution in [0.15, 0.2) is 48.5 Å². The monoisotopic (exact) mass is 313 g/mol. The van der Waals surface area contributed by atoms with Crippen molar-refractivity contribution in [2.75, 3.05) is 7.05 Å². The van der Waals surface area contributed by atoms with Crippen molar-refractivity contribution in [1.82, 2.24) is 15.1 Å². The van der Waals surface area contributed by atoms with Gasteiger partial charge in [0.05, 0.1) is 11.6 Å². The Balaban J connectivity index is 1.89. The van der Waals surface area contributed by atoms with Gasteiger partial charge in [-0.2, -0.15) is 5.10 Å². The van der Waals surface area contributed by atoms with Gasteiger partial charge < -0.3 is 4.90 Å². The minimum Gasteiger partial charge on any atom is -0.334 e. The highest BCUT2D eigenvalue weighted by Crippen LogP contribution is 2.24. The minimum atomic E-state index is -0.111. The number of hydrogen-bond donors (Lipinski definition) is 1. The molecule has 5 heteroatoms. The first-order valence-corrected chi connectivity index (χ1v) is 7.41. The molecule has 4 nitrogen and oxygen atoms in total. The first-order valence-electron chi connectivity index (χ1n) is 7.03. The van der Waals surface area contributed by atoms with E-state index < -0.39 is 0 Å². The molecule has 1 atom stereocenters. The van der Waals surface area contributed by atoms with Crippen molar-refractivity contribution in [3.05, 3.63) is 64.8 Å². The van der Waals surface area contributed by atoms with E-state index in [-0.39, 0.29) is 11.9 Å². The summed E-state index contributed by atoms with van der Waals surface area (Å²) in [4.78, 5) is 14.4. The lowest BCUT2D eigenvalue weighted by molar-refractivity contribution is 0.0738. The van der Waals surface area contributed by atoms with Crippen molar-refractivity contribution in [1.29, 1.82) is 0 Å². The molecule has 0 saturated carbocycles. The molecule has 0 aliphatic carbocycles. The van der Waals surface area contributed by atoms with Crippen LogP contribution in [0, 0.1) is 0 Å². The van der Waals surface area contributed by atoms with Crippen LogP contribution in [0.5, 0.6) is 0 Å². The van der Waals surface area contributed by atoms with Crippen LogP contribution in [0.3, 0.4) is 0 Å². The summed E-state index contributed by atoms with van der Waals surface area (Å²) in [7, 11) is 1.78. The summed E-state index contributed by atoms with van der Waals surface area (Å²) in [6, 6.07) is 15.1. The number of aromatic nitrogens is 2. The van der Waals surface area contributed by atoms with E-state index in [1.165, 1.54) is 0 Å². The fourth-order valence-corrected chi connectivity index (χ4v) is 2.56. The number of nitrogens with zero attached hydrogens (tertiary/aromatic N) is 2. The van der Waals surface area contributed by atoms with E-state index in [0.717, 1.165) is 16.5 Å². The number of fused-ring (bicyclic) bond motifs is 1. The molecule has 3 rings (SSSR count). The van der Waals surface area contributed by atoms with Crippen LogP contribution < -0.4 is 0 Å². The second-order valence-corrected chi connectivity index (χ2v) is 5.70. The van der Waals surface area contributed by atoms with Crippen LogP contribution in [0.2, 0.25) is 5.02 Å². The van der Waals surface area contributed by atoms with E-state index in [1.807, 2.05) is 55.5 Å². The van der Waals surface area contributed by atoms with E-state index in [2.05, 4.69) is 10.2 Å². The largest absolute Gasteiger partial charge is 0.334 e. The highest BCUT2D eigenvalue weighted by Gasteiger charge is 2.22. The molecule has 0 fully saturated rings. The van der Waals surface area contributed by atoms with Crippen LogP contribution in [0.25, 0.3) is 10.9 Å². The zero-order chi connectivity index (χ0) is 15.7. The molecule has 0 radical (unpaired) electrons. The normalized spacial score (nSPS) is 12.3. The second-order valence-electron chi connectivity index (χ2n) is 5.26. The van der Waals surface area contributed by atoms with Crippen molar-refractivity contribution < 1.29 is 4.79 Å². The molecule has 112 valence electrons. The van der Waals surface area contributed by atoms with Crippen molar-refractivity contribution >= 4 is 28.4 Å². The minimum absolute atomic E-state index is 0.0692. The zero-order valence-corrected chi connectivity index (χ0v) is 13.1. The average Bonchev–Trinajstić information content (AvgIpc) is 2.97. The van der Waals surface area contributed by atoms with Crippen LogP contribution in [0.4, 0.5) is 0 Å². The summed E-state index contributed by atoms with van der Waals surface area (Å²) >= 11 is 5.91. The number of carbonyl (C=O) groups is 1. The third-order valence-corrected chi connectivity index (χ3v) is 4.18. The van der Waals surface area contributed by atoms with Crippen LogP contribution in [-0.4, -0.2) is 28.1 Å². The number of hydrogen-bond acceptors (Lipinski definition) is 2. The van der Waals surface area contributed by atoms with Gasteiger partial charge in [0.25, 0.3) is 5.91 Å². The molecule has 1 aromatic heterocycles. The van der Waals surface area contributed by atoms with E-state index in [4.69, 9.17) is 11.6 Å². The predicted octanol–water partition coefficient (Wildman–Crippen LogP) is 4.05. The van der Waals surface area contributed by atoms with Crippen LogP contribution in [-0.2, 0) is 0 Å². The molecule has 3 aromatic rings. The molecular weight excluding hydrogens is 298 g/mol. The Hall–Kier alpha value is -2.33. The molecular formula is C17H16ClN3O. The van der Waals surface area contributed by atoms with Gasteiger partial charge >= 0.3 is 0 Å². The van der Waals surface area contributed by atoms with Crippen LogP contribution in [0.1, 0.15) is 29.0 Å². The molecule has 22 heavy (non-hydrogen) atoms. The lowest BCUT2D eigenvalue weighted by Crippen LogP contribution is -2.30. The van der Waals surface area contributed by atoms with E-state index in [1.54, 1.807) is 11.9 Å². The zero-order valence-electron chi connectivity index (χ0n) is 12.4. The highest BCUT2D eigenvalue weighted by atomic mass is 35.5. The maximum atomic E-state index is 12.7. The van der Waals surface area contributed by atoms with Crippen LogP contribution >= 0.6 is 11.6 Å². The van der Waals surface area contributed by atoms with Crippen molar-refractivity contribution in [2.24, 2.45) is 0 Å². The number of nitrogens with one attached hydrogen (secondary N) is 1. The quantitative estimate of drug-likeness (QED) is 0.793. The molecule has 0 aliphatic heterocycles. The number of halogens is 1. The van der Waals surface area contributed by atoms with Gasteiger partial charge in [0.2, 0.25) is 0 Å². The summed E-state index contributed by atoms with van der Waals surface area (Å²) in [5.41, 5.74) is 2.33. The van der Waals surface area contributed by atoms with Crippen molar-refractivity contribution in [3.63, 3.8) is 0 Å². The van der Waals surface area contributed by atoms with Gasteiger partial charge in [-0.25, -0.2) is 0 Å². The molecule has 1 amide bonds. The Morgan fingerprint density at radius 1 is 1.18 bits per heavy atom. The van der Waals surface area contributed by atoms with Crippen molar-refractivity contribution in [2.45, 2.75) is 13.0 Å². The van der Waals surface area contributed by atoms with Gasteiger partial charge in [-0.3, -0.25) is 9.89 Å². The number of H-pyrrole nitrogens is 1. The van der Waals surface area contributed by atoms with E-state index in [0.29, 0.717) is 10.7 Å². The molecule has 0 bridgehead atoms. The standard InChI is InChI=1S/C17H16ClN3O/c1-11(12-7-9-13(18)10-8-12)21(2)17(22)16-14-5-3-4-6-15(14)19-20-16/h3-11H,1-2H3,(H,19,20)/t11-/m0/s1. The van der Waals surface area contributed by atoms with E-state index >= 15 is 0 Å². The maximum Gasteiger partial charge on any atom is 0.275 e. The Kier molecular flexibility index (Phi) is 3.86. The molecule has 0 aliphatic rings. The Bertz CT molecular complexity index is 810. The third kappa shape index (κ3) is 2.57. The van der Waals surface area contributed by atoms with Gasteiger partial charge in [0.1, 0.15) is 0 Å². The summed E-state index contributed by atoms with van der Waals surface area (Å²) in [5, 5.41) is 8.58. The Morgan fingerprint density at radius 2 is 1.86 bits per heavy atom. The average molecular weight is 314 g/mol. The van der Waals surface area contributed by atoms with E-state index in [9.17, 15) is 4.79 Å². The maximum absolute atomic E-state index is 12.7. The molecule has 0 spiro atoms. The van der Waals surface area contributed by atoms with Gasteiger partial charge in [-0.05, 0) is 30.7 Å². The predicted molar refractivity (Wildman–Crippen MR) is 88.1 cm³/mol. The molecule has 1 heterocycles. The number of aromatic amines is 1. The van der Waals surface area contributed by atoms with Gasteiger partial charge in [0, 0.05) is 17.5 Å². The summed E-state index contributed by atoms with van der Waals surface area (Å²) in [6.45, 7) is 1.98. The molecule has 2 aromatic carbocycles. The number of para-hydroxylation sites is 1. The van der Waals surface area contributed by atoms with Gasteiger partial charge in [-0.15, -0.1) is 0 Å². The Morgan fingerprint density at radius 3 is 2.59 bits per heavy atom. The number of amides is 1. The molecule has 1 N–H and O–H groups in total. The van der Waals surface area contributed by atoms with Gasteiger partial charge in [0.15, 0.2) is 5.69 Å². The lowest BCUT2D eigenvalue weighted by atomic mass is 10.1. The summed E-state index contributed by atoms with van der Waals surface area (Å²) < 4.78 is 0. The number of carbonyl (C=O) groups excluding carboxylic acids is 1. The first kappa shape index (κ1) is 14.6. The topological polar surface area (TPSA) is 49.0 Å². The lowest BCUT2D eigenvalue weighted by Gasteiger charge is -2.24. The first-order chi connectivity index (χ1) is 10.6. The summed E-state index contributed by atoms with van der Waals surface area (Å²) in [6.07, 6.45) is 0. The fourth-order valence-electron chi connectivity index (χ4n) is 2.43. The fraction of sp³-hybridized carbons (Fsp3) is 0.176. The number of benzene rings is 2. The Labute approximate surface area is 133 Å². The second kappa shape index (κ2) is 5.81. The molecule has 0 unspecified atom stereocenters. The number of rotatable bonds is 3. The smallest absolute Gasteiger partial charge is 0.275 e. The van der Waals surface area contributed by atoms with Gasteiger partial charge in [-0.1, -0.05) is 41.9 Å². The summed E-state index contributed by atoms with van der Waals surface area (Å²) in [5.74, 6) is -0.111. The van der Waals surface area contributed by atoms with Crippen molar-refractivity contribution in [3.8, 4) is 0 Å². The SMILES string of the molecule is C[C@@H](c1ccc(Cl)cc1)N(C)C(=O)c1n[nH]c2ccccc12.